The fourth-order valence-electron chi connectivity index (χ4n) is 3.86. The van der Waals surface area contributed by atoms with Gasteiger partial charge in [-0.3, -0.25) is 9.79 Å². The van der Waals surface area contributed by atoms with Crippen LogP contribution in [0.2, 0.25) is 0 Å². The molecule has 29 heavy (non-hydrogen) atoms. The van der Waals surface area contributed by atoms with Crippen LogP contribution in [-0.2, 0) is 22.6 Å². The molecule has 0 saturated carbocycles. The van der Waals surface area contributed by atoms with Crippen molar-refractivity contribution in [1.29, 1.82) is 0 Å². The first-order valence-electron chi connectivity index (χ1n) is 10.4. The van der Waals surface area contributed by atoms with E-state index >= 15 is 0 Å². The Balaban J connectivity index is 1.59. The number of piperidine rings is 1. The number of benzene rings is 1. The Morgan fingerprint density at radius 2 is 2.14 bits per heavy atom. The van der Waals surface area contributed by atoms with Crippen molar-refractivity contribution in [1.82, 2.24) is 15.5 Å². The Kier molecular flexibility index (Phi) is 7.69. The number of carbonyl (C=O) groups excluding carboxylic acids is 1. The SMILES string of the molecule is CCNC(=NCCc1cc(F)cc2c1OCOC2)N1CCC(CC(=O)NC)CC1. The van der Waals surface area contributed by atoms with Crippen molar-refractivity contribution >= 4 is 11.9 Å². The molecular formula is C21H31FN4O3. The summed E-state index contributed by atoms with van der Waals surface area (Å²) in [7, 11) is 1.68. The van der Waals surface area contributed by atoms with Gasteiger partial charge in [0, 0.05) is 45.2 Å². The third kappa shape index (κ3) is 5.82. The largest absolute Gasteiger partial charge is 0.467 e. The summed E-state index contributed by atoms with van der Waals surface area (Å²) in [6.45, 7) is 5.70. The number of hydrogen-bond acceptors (Lipinski definition) is 4. The lowest BCUT2D eigenvalue weighted by molar-refractivity contribution is -0.121. The highest BCUT2D eigenvalue weighted by Crippen LogP contribution is 2.29. The Morgan fingerprint density at radius 3 is 2.86 bits per heavy atom. The molecule has 0 aliphatic carbocycles. The monoisotopic (exact) mass is 406 g/mol. The summed E-state index contributed by atoms with van der Waals surface area (Å²) in [4.78, 5) is 18.6. The van der Waals surface area contributed by atoms with Gasteiger partial charge in [-0.25, -0.2) is 4.39 Å². The van der Waals surface area contributed by atoms with Gasteiger partial charge in [0.05, 0.1) is 6.61 Å². The van der Waals surface area contributed by atoms with Gasteiger partial charge in [0.2, 0.25) is 5.91 Å². The Morgan fingerprint density at radius 1 is 1.34 bits per heavy atom. The zero-order valence-corrected chi connectivity index (χ0v) is 17.3. The van der Waals surface area contributed by atoms with E-state index in [1.165, 1.54) is 12.1 Å². The molecule has 7 nitrogen and oxygen atoms in total. The van der Waals surface area contributed by atoms with Gasteiger partial charge < -0.3 is 25.0 Å². The fraction of sp³-hybridized carbons (Fsp3) is 0.619. The zero-order chi connectivity index (χ0) is 20.6. The van der Waals surface area contributed by atoms with E-state index in [1.807, 2.05) is 6.92 Å². The number of aliphatic imine (C=N–C) groups is 1. The minimum atomic E-state index is -0.276. The van der Waals surface area contributed by atoms with Gasteiger partial charge in [0.15, 0.2) is 12.8 Å². The van der Waals surface area contributed by atoms with Gasteiger partial charge in [0.1, 0.15) is 11.6 Å². The van der Waals surface area contributed by atoms with Gasteiger partial charge in [-0.15, -0.1) is 0 Å². The van der Waals surface area contributed by atoms with Crippen molar-refractivity contribution in [3.8, 4) is 5.75 Å². The van der Waals surface area contributed by atoms with E-state index in [2.05, 4.69) is 15.5 Å². The molecule has 0 atom stereocenters. The third-order valence-corrected chi connectivity index (χ3v) is 5.40. The third-order valence-electron chi connectivity index (χ3n) is 5.40. The van der Waals surface area contributed by atoms with Crippen molar-refractivity contribution in [3.05, 3.63) is 29.1 Å². The van der Waals surface area contributed by atoms with Crippen LogP contribution in [0.3, 0.4) is 0 Å². The zero-order valence-electron chi connectivity index (χ0n) is 17.3. The summed E-state index contributed by atoms with van der Waals surface area (Å²) in [6, 6.07) is 2.99. The first kappa shape index (κ1) is 21.4. The van der Waals surface area contributed by atoms with E-state index < -0.39 is 0 Å². The van der Waals surface area contributed by atoms with E-state index in [0.29, 0.717) is 31.9 Å². The van der Waals surface area contributed by atoms with E-state index in [9.17, 15) is 9.18 Å². The second-order valence-electron chi connectivity index (χ2n) is 7.46. The second-order valence-corrected chi connectivity index (χ2v) is 7.46. The molecule has 160 valence electrons. The van der Waals surface area contributed by atoms with Gasteiger partial charge in [0.25, 0.3) is 0 Å². The maximum absolute atomic E-state index is 13.9. The molecule has 1 fully saturated rings. The number of guanidine groups is 1. The highest BCUT2D eigenvalue weighted by molar-refractivity contribution is 5.80. The number of halogens is 1. The number of fused-ring (bicyclic) bond motifs is 1. The number of amides is 1. The summed E-state index contributed by atoms with van der Waals surface area (Å²) in [5.41, 5.74) is 1.58. The summed E-state index contributed by atoms with van der Waals surface area (Å²) in [6.07, 6.45) is 3.14. The molecule has 2 aliphatic rings. The standard InChI is InChI=1S/C21H31FN4O3/c1-3-24-21(26-8-5-15(6-9-26)10-19(27)23-2)25-7-4-16-11-18(22)12-17-13-28-14-29-20(16)17/h11-12,15H,3-10,13-14H2,1-2H3,(H,23,27)(H,24,25). The topological polar surface area (TPSA) is 75.2 Å². The minimum absolute atomic E-state index is 0.107. The Hall–Kier alpha value is -2.35. The van der Waals surface area contributed by atoms with Gasteiger partial charge in [-0.1, -0.05) is 0 Å². The second kappa shape index (κ2) is 10.4. The molecule has 3 rings (SSSR count). The lowest BCUT2D eigenvalue weighted by Crippen LogP contribution is -2.46. The first-order valence-corrected chi connectivity index (χ1v) is 10.4. The molecule has 2 heterocycles. The summed E-state index contributed by atoms with van der Waals surface area (Å²) < 4.78 is 24.7. The van der Waals surface area contributed by atoms with Crippen LogP contribution in [0.4, 0.5) is 4.39 Å². The van der Waals surface area contributed by atoms with Crippen LogP contribution in [0, 0.1) is 11.7 Å². The van der Waals surface area contributed by atoms with E-state index in [0.717, 1.165) is 55.3 Å². The molecule has 1 saturated heterocycles. The van der Waals surface area contributed by atoms with Crippen molar-refractivity contribution in [2.24, 2.45) is 10.9 Å². The van der Waals surface area contributed by atoms with Crippen LogP contribution in [0.5, 0.6) is 5.75 Å². The summed E-state index contributed by atoms with van der Waals surface area (Å²) >= 11 is 0. The Labute approximate surface area is 171 Å². The fourth-order valence-corrected chi connectivity index (χ4v) is 3.86. The van der Waals surface area contributed by atoms with E-state index in [4.69, 9.17) is 14.5 Å². The average molecular weight is 407 g/mol. The van der Waals surface area contributed by atoms with Crippen molar-refractivity contribution in [3.63, 3.8) is 0 Å². The molecule has 8 heteroatoms. The molecule has 2 N–H and O–H groups in total. The Bertz CT molecular complexity index is 733. The lowest BCUT2D eigenvalue weighted by atomic mass is 9.93. The number of rotatable bonds is 6. The quantitative estimate of drug-likeness (QED) is 0.559. The molecule has 1 amide bonds. The van der Waals surface area contributed by atoms with Gasteiger partial charge >= 0.3 is 0 Å². The van der Waals surface area contributed by atoms with Crippen LogP contribution in [0.15, 0.2) is 17.1 Å². The predicted molar refractivity (Wildman–Crippen MR) is 109 cm³/mol. The molecule has 0 spiro atoms. The predicted octanol–water partition coefficient (Wildman–Crippen LogP) is 2.05. The maximum Gasteiger partial charge on any atom is 0.220 e. The normalized spacial score (nSPS) is 17.5. The number of nitrogens with zero attached hydrogens (tertiary/aromatic N) is 2. The average Bonchev–Trinajstić information content (AvgIpc) is 2.73. The van der Waals surface area contributed by atoms with E-state index in [-0.39, 0.29) is 18.5 Å². The molecule has 2 aliphatic heterocycles. The molecule has 1 aromatic carbocycles. The van der Waals surface area contributed by atoms with Crippen LogP contribution < -0.4 is 15.4 Å². The highest BCUT2D eigenvalue weighted by atomic mass is 19.1. The smallest absolute Gasteiger partial charge is 0.220 e. The van der Waals surface area contributed by atoms with Crippen molar-refractivity contribution < 1.29 is 18.7 Å². The van der Waals surface area contributed by atoms with Crippen LogP contribution in [0.25, 0.3) is 0 Å². The van der Waals surface area contributed by atoms with Crippen molar-refractivity contribution in [2.75, 3.05) is 40.0 Å². The number of hydrogen-bond donors (Lipinski definition) is 2. The molecular weight excluding hydrogens is 375 g/mol. The molecule has 0 bridgehead atoms. The number of carbonyl (C=O) groups is 1. The number of ether oxygens (including phenoxy) is 2. The first-order chi connectivity index (χ1) is 14.1. The van der Waals surface area contributed by atoms with Crippen LogP contribution in [-0.4, -0.2) is 56.8 Å². The molecule has 1 aromatic rings. The lowest BCUT2D eigenvalue weighted by Gasteiger charge is -2.34. The van der Waals surface area contributed by atoms with Crippen molar-refractivity contribution in [2.45, 2.75) is 39.2 Å². The van der Waals surface area contributed by atoms with E-state index in [1.54, 1.807) is 7.05 Å². The van der Waals surface area contributed by atoms with Crippen LogP contribution in [0.1, 0.15) is 37.3 Å². The molecule has 0 unspecified atom stereocenters. The molecule has 0 aromatic heterocycles. The van der Waals surface area contributed by atoms with Gasteiger partial charge in [-0.2, -0.15) is 0 Å². The number of nitrogens with one attached hydrogen (secondary N) is 2. The van der Waals surface area contributed by atoms with Crippen LogP contribution >= 0.6 is 0 Å². The number of likely N-dealkylation sites (tertiary alicyclic amines) is 1. The summed E-state index contributed by atoms with van der Waals surface area (Å²) in [5.74, 6) is 1.86. The minimum Gasteiger partial charge on any atom is -0.467 e. The summed E-state index contributed by atoms with van der Waals surface area (Å²) in [5, 5.41) is 6.05. The maximum atomic E-state index is 13.9. The highest BCUT2D eigenvalue weighted by Gasteiger charge is 2.23. The van der Waals surface area contributed by atoms with Gasteiger partial charge in [-0.05, 0) is 49.8 Å². The molecule has 0 radical (unpaired) electrons.